The van der Waals surface area contributed by atoms with Gasteiger partial charge in [-0.3, -0.25) is 9.59 Å². The van der Waals surface area contributed by atoms with Crippen molar-refractivity contribution in [1.82, 2.24) is 15.6 Å². The highest BCUT2D eigenvalue weighted by atomic mass is 35.5. The summed E-state index contributed by atoms with van der Waals surface area (Å²) in [5.41, 5.74) is 1.79. The molecule has 4 rings (SSSR count). The zero-order valence-corrected chi connectivity index (χ0v) is 14.2. The van der Waals surface area contributed by atoms with Crippen LogP contribution in [0.5, 0.6) is 0 Å². The molecule has 1 atom stereocenters. The smallest absolute Gasteiger partial charge is 0.248 e. The lowest BCUT2D eigenvalue weighted by Gasteiger charge is -2.23. The van der Waals surface area contributed by atoms with E-state index in [4.69, 9.17) is 0 Å². The summed E-state index contributed by atoms with van der Waals surface area (Å²) in [5, 5.41) is 7.38. The van der Waals surface area contributed by atoms with E-state index in [-0.39, 0.29) is 35.2 Å². The lowest BCUT2D eigenvalue weighted by molar-refractivity contribution is -0.123. The van der Waals surface area contributed by atoms with Gasteiger partial charge in [-0.15, -0.1) is 12.4 Å². The van der Waals surface area contributed by atoms with Crippen LogP contribution in [0.3, 0.4) is 0 Å². The van der Waals surface area contributed by atoms with Crippen molar-refractivity contribution in [3.05, 3.63) is 46.2 Å². The molecule has 1 saturated heterocycles. The number of piperidine rings is 1. The van der Waals surface area contributed by atoms with Crippen LogP contribution in [0.4, 0.5) is 0 Å². The quantitative estimate of drug-likeness (QED) is 0.794. The Kier molecular flexibility index (Phi) is 4.65. The normalized spacial score (nSPS) is 21.2. The maximum atomic E-state index is 12.5. The molecule has 0 radical (unpaired) electrons. The Morgan fingerprint density at radius 1 is 1.25 bits per heavy atom. The number of hydrogen-bond donors (Lipinski definition) is 3. The van der Waals surface area contributed by atoms with Crippen LogP contribution in [0.15, 0.2) is 35.1 Å². The monoisotopic (exact) mass is 347 g/mol. The molecule has 1 aliphatic heterocycles. The number of nitrogens with one attached hydrogen (secondary N) is 3. The molecule has 2 heterocycles. The standard InChI is InChI=1S/C18H21N3O2.ClH/c22-16-9-12(13-3-1-2-4-15(13)21-16)11-20-17(23)14-10-18(14)5-7-19-8-6-18;/h1-4,9,14,19H,5-8,10-11H2,(H,20,23)(H,21,22);1H. The second kappa shape index (κ2) is 6.57. The predicted octanol–water partition coefficient (Wildman–Crippen LogP) is 1.96. The molecule has 3 N–H and O–H groups in total. The average molecular weight is 348 g/mol. The molecule has 1 spiro atoms. The van der Waals surface area contributed by atoms with Crippen molar-refractivity contribution in [2.75, 3.05) is 13.1 Å². The number of rotatable bonds is 3. The molecule has 5 nitrogen and oxygen atoms in total. The van der Waals surface area contributed by atoms with Gasteiger partial charge in [-0.25, -0.2) is 0 Å². The number of hydrogen-bond acceptors (Lipinski definition) is 3. The summed E-state index contributed by atoms with van der Waals surface area (Å²) in [6.07, 6.45) is 3.20. The number of aromatic nitrogens is 1. The minimum atomic E-state index is -0.130. The second-order valence-electron chi connectivity index (χ2n) is 6.79. The highest BCUT2D eigenvalue weighted by molar-refractivity contribution is 5.85. The number of carbonyl (C=O) groups excluding carboxylic acids is 1. The lowest BCUT2D eigenvalue weighted by Crippen LogP contribution is -2.33. The second-order valence-corrected chi connectivity index (χ2v) is 6.79. The fourth-order valence-corrected chi connectivity index (χ4v) is 3.92. The van der Waals surface area contributed by atoms with Gasteiger partial charge in [0.1, 0.15) is 0 Å². The Morgan fingerprint density at radius 2 is 2.00 bits per heavy atom. The van der Waals surface area contributed by atoms with E-state index in [1.54, 1.807) is 6.07 Å². The summed E-state index contributed by atoms with van der Waals surface area (Å²) in [5.74, 6) is 0.286. The third-order valence-electron chi connectivity index (χ3n) is 5.39. The SMILES string of the molecule is Cl.O=C(NCc1cc(=O)[nH]c2ccccc12)C1CC12CCNCC2. The molecule has 128 valence electrons. The Morgan fingerprint density at radius 3 is 2.79 bits per heavy atom. The summed E-state index contributed by atoms with van der Waals surface area (Å²) < 4.78 is 0. The third kappa shape index (κ3) is 3.06. The highest BCUT2D eigenvalue weighted by Gasteiger charge is 2.57. The van der Waals surface area contributed by atoms with Crippen molar-refractivity contribution in [2.24, 2.45) is 11.3 Å². The zero-order chi connectivity index (χ0) is 15.9. The first-order valence-corrected chi connectivity index (χ1v) is 8.27. The number of para-hydroxylation sites is 1. The van der Waals surface area contributed by atoms with Crippen molar-refractivity contribution in [2.45, 2.75) is 25.8 Å². The van der Waals surface area contributed by atoms with Crippen molar-refractivity contribution in [3.63, 3.8) is 0 Å². The minimum absolute atomic E-state index is 0. The molecule has 1 saturated carbocycles. The van der Waals surface area contributed by atoms with Gasteiger partial charge in [-0.05, 0) is 49.4 Å². The van der Waals surface area contributed by atoms with Gasteiger partial charge in [0.25, 0.3) is 0 Å². The van der Waals surface area contributed by atoms with Crippen LogP contribution in [0.25, 0.3) is 10.9 Å². The summed E-state index contributed by atoms with van der Waals surface area (Å²) in [4.78, 5) is 27.0. The molecule has 1 amide bonds. The van der Waals surface area contributed by atoms with Crippen LogP contribution < -0.4 is 16.2 Å². The number of halogens is 1. The van der Waals surface area contributed by atoms with Crippen molar-refractivity contribution in [1.29, 1.82) is 0 Å². The Labute approximate surface area is 146 Å². The zero-order valence-electron chi connectivity index (χ0n) is 13.4. The summed E-state index contributed by atoms with van der Waals surface area (Å²) >= 11 is 0. The number of aromatic amines is 1. The van der Waals surface area contributed by atoms with Crippen molar-refractivity contribution in [3.8, 4) is 0 Å². The van der Waals surface area contributed by atoms with E-state index in [2.05, 4.69) is 15.6 Å². The predicted molar refractivity (Wildman–Crippen MR) is 96.3 cm³/mol. The third-order valence-corrected chi connectivity index (χ3v) is 5.39. The molecule has 1 unspecified atom stereocenters. The number of amides is 1. The van der Waals surface area contributed by atoms with E-state index < -0.39 is 0 Å². The van der Waals surface area contributed by atoms with Crippen molar-refractivity contribution < 1.29 is 4.79 Å². The van der Waals surface area contributed by atoms with E-state index >= 15 is 0 Å². The van der Waals surface area contributed by atoms with Crippen LogP contribution in [-0.2, 0) is 11.3 Å². The molecule has 2 aliphatic rings. The Balaban J connectivity index is 0.00000169. The summed E-state index contributed by atoms with van der Waals surface area (Å²) in [7, 11) is 0. The molecule has 1 aromatic heterocycles. The first kappa shape index (κ1) is 17.0. The molecule has 0 bridgehead atoms. The van der Waals surface area contributed by atoms with E-state index in [9.17, 15) is 9.59 Å². The fraction of sp³-hybridized carbons (Fsp3) is 0.444. The van der Waals surface area contributed by atoms with E-state index in [0.717, 1.165) is 48.8 Å². The van der Waals surface area contributed by atoms with E-state index in [1.165, 1.54) is 0 Å². The number of pyridine rings is 1. The lowest BCUT2D eigenvalue weighted by atomic mass is 9.92. The molecule has 6 heteroatoms. The summed E-state index contributed by atoms with van der Waals surface area (Å²) in [6.45, 7) is 2.44. The summed E-state index contributed by atoms with van der Waals surface area (Å²) in [6, 6.07) is 9.27. The number of H-pyrrole nitrogens is 1. The molecular weight excluding hydrogens is 326 g/mol. The molecule has 24 heavy (non-hydrogen) atoms. The Hall–Kier alpha value is -1.85. The highest BCUT2D eigenvalue weighted by Crippen LogP contribution is 2.58. The maximum Gasteiger partial charge on any atom is 0.248 e. The molecule has 1 aromatic carbocycles. The first-order chi connectivity index (χ1) is 11.2. The average Bonchev–Trinajstić information content (AvgIpc) is 3.26. The molecule has 2 aromatic rings. The van der Waals surface area contributed by atoms with E-state index in [1.807, 2.05) is 24.3 Å². The van der Waals surface area contributed by atoms with Gasteiger partial charge in [-0.2, -0.15) is 0 Å². The number of benzene rings is 1. The number of carbonyl (C=O) groups is 1. The van der Waals surface area contributed by atoms with Crippen LogP contribution >= 0.6 is 12.4 Å². The fourth-order valence-electron chi connectivity index (χ4n) is 3.92. The Bertz CT molecular complexity index is 811. The largest absolute Gasteiger partial charge is 0.352 e. The van der Waals surface area contributed by atoms with Gasteiger partial charge in [0, 0.05) is 29.4 Å². The van der Waals surface area contributed by atoms with Crippen molar-refractivity contribution >= 4 is 29.2 Å². The van der Waals surface area contributed by atoms with Gasteiger partial charge < -0.3 is 15.6 Å². The maximum absolute atomic E-state index is 12.5. The van der Waals surface area contributed by atoms with E-state index in [0.29, 0.717) is 6.54 Å². The first-order valence-electron chi connectivity index (χ1n) is 8.27. The minimum Gasteiger partial charge on any atom is -0.352 e. The van der Waals surface area contributed by atoms with Crippen LogP contribution in [-0.4, -0.2) is 24.0 Å². The van der Waals surface area contributed by atoms with Crippen LogP contribution in [0.1, 0.15) is 24.8 Å². The number of fused-ring (bicyclic) bond motifs is 1. The van der Waals surface area contributed by atoms with Crippen LogP contribution in [0, 0.1) is 11.3 Å². The van der Waals surface area contributed by atoms with Crippen LogP contribution in [0.2, 0.25) is 0 Å². The topological polar surface area (TPSA) is 74.0 Å². The molecule has 2 fully saturated rings. The molecular formula is C18H22ClN3O2. The molecule has 1 aliphatic carbocycles. The van der Waals surface area contributed by atoms with Gasteiger partial charge in [0.05, 0.1) is 0 Å². The van der Waals surface area contributed by atoms with Gasteiger partial charge >= 0.3 is 0 Å². The van der Waals surface area contributed by atoms with Gasteiger partial charge in [0.2, 0.25) is 11.5 Å². The van der Waals surface area contributed by atoms with Gasteiger partial charge in [0.15, 0.2) is 0 Å². The van der Waals surface area contributed by atoms with Gasteiger partial charge in [-0.1, -0.05) is 18.2 Å².